The minimum absolute atomic E-state index is 0.297. The third-order valence-electron chi connectivity index (χ3n) is 1.39. The van der Waals surface area contributed by atoms with Gasteiger partial charge in [0.2, 0.25) is 12.3 Å². The Morgan fingerprint density at radius 3 is 2.93 bits per heavy atom. The van der Waals surface area contributed by atoms with Gasteiger partial charge >= 0.3 is 5.97 Å². The van der Waals surface area contributed by atoms with E-state index in [9.17, 15) is 9.59 Å². The molecular weight excluding hydrogens is 190 g/mol. The van der Waals surface area contributed by atoms with Crippen LogP contribution < -0.4 is 5.32 Å². The highest BCUT2D eigenvalue weighted by molar-refractivity contribution is 5.93. The minimum Gasteiger partial charge on any atom is -0.481 e. The van der Waals surface area contributed by atoms with Gasteiger partial charge in [0.15, 0.2) is 5.82 Å². The van der Waals surface area contributed by atoms with Gasteiger partial charge in [0, 0.05) is 13.0 Å². The molecule has 0 aliphatic heterocycles. The Labute approximate surface area is 79.1 Å². The lowest BCUT2D eigenvalue weighted by Crippen LogP contribution is -2.27. The fraction of sp³-hybridized carbons (Fsp3) is 0.429. The minimum atomic E-state index is -1.15. The normalized spacial score (nSPS) is 9.71. The van der Waals surface area contributed by atoms with Crippen LogP contribution in [0.25, 0.3) is 0 Å². The molecule has 14 heavy (non-hydrogen) atoms. The van der Waals surface area contributed by atoms with Crippen molar-refractivity contribution in [2.24, 2.45) is 0 Å². The number of hydrogen-bond donors (Lipinski definition) is 2. The SMILES string of the molecule is O=C(O)CC(=O)NCCc1ncon1. The van der Waals surface area contributed by atoms with E-state index < -0.39 is 18.3 Å². The fourth-order valence-electron chi connectivity index (χ4n) is 0.816. The maximum absolute atomic E-state index is 10.8. The van der Waals surface area contributed by atoms with Gasteiger partial charge in [-0.1, -0.05) is 5.16 Å². The molecule has 2 N–H and O–H groups in total. The van der Waals surface area contributed by atoms with Gasteiger partial charge in [-0.25, -0.2) is 0 Å². The Kier molecular flexibility index (Phi) is 3.59. The van der Waals surface area contributed by atoms with Crippen LogP contribution in [-0.4, -0.2) is 33.7 Å². The molecule has 7 heteroatoms. The molecule has 0 saturated carbocycles. The molecule has 0 spiro atoms. The van der Waals surface area contributed by atoms with Crippen molar-refractivity contribution in [3.05, 3.63) is 12.2 Å². The molecule has 0 aliphatic rings. The molecule has 0 fully saturated rings. The molecule has 0 aliphatic carbocycles. The summed E-state index contributed by atoms with van der Waals surface area (Å²) in [6, 6.07) is 0. The van der Waals surface area contributed by atoms with Crippen molar-refractivity contribution < 1.29 is 19.2 Å². The van der Waals surface area contributed by atoms with E-state index in [1.165, 1.54) is 6.39 Å². The molecule has 7 nitrogen and oxygen atoms in total. The van der Waals surface area contributed by atoms with E-state index in [-0.39, 0.29) is 0 Å². The average molecular weight is 199 g/mol. The molecule has 0 aromatic carbocycles. The second-order valence-electron chi connectivity index (χ2n) is 2.52. The summed E-state index contributed by atoms with van der Waals surface area (Å²) >= 11 is 0. The van der Waals surface area contributed by atoms with Gasteiger partial charge in [-0.2, -0.15) is 4.98 Å². The lowest BCUT2D eigenvalue weighted by molar-refractivity contribution is -0.140. The number of carbonyl (C=O) groups is 2. The number of carboxylic acids is 1. The Hall–Kier alpha value is -1.92. The lowest BCUT2D eigenvalue weighted by Gasteiger charge is -1.99. The Bertz CT molecular complexity index is 309. The largest absolute Gasteiger partial charge is 0.481 e. The molecule has 0 unspecified atom stereocenters. The van der Waals surface area contributed by atoms with Crippen LogP contribution >= 0.6 is 0 Å². The summed E-state index contributed by atoms with van der Waals surface area (Å²) in [6.07, 6.45) is 1.09. The van der Waals surface area contributed by atoms with Crippen molar-refractivity contribution in [1.82, 2.24) is 15.5 Å². The number of nitrogens with zero attached hydrogens (tertiary/aromatic N) is 2. The van der Waals surface area contributed by atoms with Gasteiger partial charge in [0.05, 0.1) is 0 Å². The zero-order valence-corrected chi connectivity index (χ0v) is 7.27. The molecule has 1 rings (SSSR count). The Morgan fingerprint density at radius 2 is 2.36 bits per heavy atom. The number of carbonyl (C=O) groups excluding carboxylic acids is 1. The second-order valence-corrected chi connectivity index (χ2v) is 2.52. The standard InChI is InChI=1S/C7H9N3O4/c11-6(3-7(12)13)8-2-1-5-9-4-14-10-5/h4H,1-3H2,(H,8,11)(H,12,13). The first-order chi connectivity index (χ1) is 6.68. The molecule has 0 bridgehead atoms. The topological polar surface area (TPSA) is 105 Å². The van der Waals surface area contributed by atoms with Gasteiger partial charge in [-0.15, -0.1) is 0 Å². The van der Waals surface area contributed by atoms with Crippen molar-refractivity contribution in [3.8, 4) is 0 Å². The van der Waals surface area contributed by atoms with Gasteiger partial charge in [0.25, 0.3) is 0 Å². The number of hydrogen-bond acceptors (Lipinski definition) is 5. The van der Waals surface area contributed by atoms with Crippen LogP contribution in [-0.2, 0) is 16.0 Å². The van der Waals surface area contributed by atoms with Gasteiger partial charge in [-0.05, 0) is 0 Å². The molecule has 0 saturated heterocycles. The Morgan fingerprint density at radius 1 is 1.57 bits per heavy atom. The summed E-state index contributed by atoms with van der Waals surface area (Å²) < 4.78 is 4.47. The number of amides is 1. The first-order valence-corrected chi connectivity index (χ1v) is 3.92. The molecule has 1 aromatic rings. The molecule has 0 atom stereocenters. The Balaban J connectivity index is 2.15. The maximum atomic E-state index is 10.8. The molecule has 1 heterocycles. The van der Waals surface area contributed by atoms with Crippen molar-refractivity contribution >= 4 is 11.9 Å². The van der Waals surface area contributed by atoms with Gasteiger partial charge in [0.1, 0.15) is 6.42 Å². The quantitative estimate of drug-likeness (QED) is 0.601. The van der Waals surface area contributed by atoms with Crippen molar-refractivity contribution in [2.75, 3.05) is 6.54 Å². The van der Waals surface area contributed by atoms with E-state index in [4.69, 9.17) is 5.11 Å². The molecule has 76 valence electrons. The van der Waals surface area contributed by atoms with E-state index in [1.807, 2.05) is 0 Å². The van der Waals surface area contributed by atoms with Crippen LogP contribution in [0, 0.1) is 0 Å². The lowest BCUT2D eigenvalue weighted by atomic mass is 10.3. The van der Waals surface area contributed by atoms with Crippen LogP contribution in [0.4, 0.5) is 0 Å². The average Bonchev–Trinajstić information content (AvgIpc) is 2.55. The third kappa shape index (κ3) is 3.65. The van der Waals surface area contributed by atoms with Crippen LogP contribution in [0.3, 0.4) is 0 Å². The van der Waals surface area contributed by atoms with Gasteiger partial charge < -0.3 is 14.9 Å². The molecule has 1 aromatic heterocycles. The predicted molar refractivity (Wildman–Crippen MR) is 43.3 cm³/mol. The van der Waals surface area contributed by atoms with Gasteiger partial charge in [-0.3, -0.25) is 9.59 Å². The van der Waals surface area contributed by atoms with Crippen LogP contribution in [0.1, 0.15) is 12.2 Å². The van der Waals surface area contributed by atoms with Crippen LogP contribution in [0.15, 0.2) is 10.9 Å². The summed E-state index contributed by atoms with van der Waals surface area (Å²) in [6.45, 7) is 0.297. The number of rotatable bonds is 5. The second kappa shape index (κ2) is 4.95. The van der Waals surface area contributed by atoms with Crippen LogP contribution in [0.2, 0.25) is 0 Å². The van der Waals surface area contributed by atoms with Crippen molar-refractivity contribution in [2.45, 2.75) is 12.8 Å². The fourth-order valence-corrected chi connectivity index (χ4v) is 0.816. The van der Waals surface area contributed by atoms with Crippen LogP contribution in [0.5, 0.6) is 0 Å². The summed E-state index contributed by atoms with van der Waals surface area (Å²) in [4.78, 5) is 24.7. The highest BCUT2D eigenvalue weighted by Gasteiger charge is 2.06. The smallest absolute Gasteiger partial charge is 0.312 e. The summed E-state index contributed by atoms with van der Waals surface area (Å²) in [7, 11) is 0. The summed E-state index contributed by atoms with van der Waals surface area (Å²) in [5.74, 6) is -1.20. The maximum Gasteiger partial charge on any atom is 0.312 e. The zero-order chi connectivity index (χ0) is 10.4. The number of nitrogens with one attached hydrogen (secondary N) is 1. The van der Waals surface area contributed by atoms with E-state index >= 15 is 0 Å². The summed E-state index contributed by atoms with van der Waals surface area (Å²) in [5, 5.41) is 14.2. The first kappa shape index (κ1) is 10.2. The molecule has 0 radical (unpaired) electrons. The monoisotopic (exact) mass is 199 g/mol. The third-order valence-corrected chi connectivity index (χ3v) is 1.39. The van der Waals surface area contributed by atoms with Crippen molar-refractivity contribution in [1.29, 1.82) is 0 Å². The number of aliphatic carboxylic acids is 1. The highest BCUT2D eigenvalue weighted by atomic mass is 16.5. The first-order valence-electron chi connectivity index (χ1n) is 3.92. The van der Waals surface area contributed by atoms with E-state index in [1.54, 1.807) is 0 Å². The summed E-state index contributed by atoms with van der Waals surface area (Å²) in [5.41, 5.74) is 0. The van der Waals surface area contributed by atoms with E-state index in [0.29, 0.717) is 18.8 Å². The molecular formula is C7H9N3O4. The van der Waals surface area contributed by atoms with Crippen molar-refractivity contribution in [3.63, 3.8) is 0 Å². The van der Waals surface area contributed by atoms with E-state index in [0.717, 1.165) is 0 Å². The zero-order valence-electron chi connectivity index (χ0n) is 7.27. The molecule has 1 amide bonds. The number of carboxylic acid groups (broad SMARTS) is 1. The number of aromatic nitrogens is 2. The predicted octanol–water partition coefficient (Wildman–Crippen LogP) is -0.797. The van der Waals surface area contributed by atoms with E-state index in [2.05, 4.69) is 20.0 Å². The highest BCUT2D eigenvalue weighted by Crippen LogP contribution is 1.88.